The Balaban J connectivity index is 2.31. The molecule has 7 heteroatoms. The van der Waals surface area contributed by atoms with Gasteiger partial charge in [-0.05, 0) is 36.6 Å². The number of carbonyl (C=O) groups excluding carboxylic acids is 1. The molecule has 152 valence electrons. The lowest BCUT2D eigenvalue weighted by molar-refractivity contribution is -0.139. The molecule has 3 N–H and O–H groups in total. The molecule has 0 bridgehead atoms. The monoisotopic (exact) mass is 404 g/mol. The summed E-state index contributed by atoms with van der Waals surface area (Å²) in [5.41, 5.74) is 7.86. The number of carboxylic acids is 1. The molecule has 1 atom stereocenters. The molecule has 0 radical (unpaired) electrons. The van der Waals surface area contributed by atoms with Crippen molar-refractivity contribution in [3.8, 4) is 17.2 Å². The highest BCUT2D eigenvalue weighted by molar-refractivity contribution is 5.98. The van der Waals surface area contributed by atoms with Gasteiger partial charge in [0.1, 0.15) is 17.4 Å². The number of allylic oxidation sites excluding steroid dienone is 2. The Morgan fingerprint density at radius 1 is 1.17 bits per heavy atom. The smallest absolute Gasteiger partial charge is 0.338 e. The SMILES string of the molecule is CCOC(=O)C1=C(C)OC(N)=C(C#N)C1c1ccccc1-c1ccccc1C(=O)O. The quantitative estimate of drug-likeness (QED) is 0.729. The van der Waals surface area contributed by atoms with Crippen molar-refractivity contribution in [3.63, 3.8) is 0 Å². The van der Waals surface area contributed by atoms with Crippen LogP contribution in [0.4, 0.5) is 0 Å². The van der Waals surface area contributed by atoms with Gasteiger partial charge in [0.2, 0.25) is 5.88 Å². The van der Waals surface area contributed by atoms with Crippen LogP contribution in [0.1, 0.15) is 35.7 Å². The average molecular weight is 404 g/mol. The first-order valence-corrected chi connectivity index (χ1v) is 9.27. The third-order valence-corrected chi connectivity index (χ3v) is 4.82. The lowest BCUT2D eigenvalue weighted by Crippen LogP contribution is -2.26. The normalized spacial score (nSPS) is 16.0. The summed E-state index contributed by atoms with van der Waals surface area (Å²) in [5, 5.41) is 19.4. The van der Waals surface area contributed by atoms with Gasteiger partial charge in [-0.15, -0.1) is 0 Å². The molecule has 0 spiro atoms. The maximum absolute atomic E-state index is 12.8. The van der Waals surface area contributed by atoms with Gasteiger partial charge >= 0.3 is 11.9 Å². The van der Waals surface area contributed by atoms with Gasteiger partial charge in [0.05, 0.1) is 23.7 Å². The highest BCUT2D eigenvalue weighted by atomic mass is 16.5. The van der Waals surface area contributed by atoms with Gasteiger partial charge < -0.3 is 20.3 Å². The lowest BCUT2D eigenvalue weighted by Gasteiger charge is -2.28. The van der Waals surface area contributed by atoms with Crippen molar-refractivity contribution in [1.29, 1.82) is 5.26 Å². The minimum atomic E-state index is -1.08. The third kappa shape index (κ3) is 3.63. The number of esters is 1. The second kappa shape index (κ2) is 8.53. The molecule has 2 aromatic carbocycles. The van der Waals surface area contributed by atoms with Gasteiger partial charge in [-0.3, -0.25) is 0 Å². The molecule has 0 saturated heterocycles. The van der Waals surface area contributed by atoms with Crippen LogP contribution >= 0.6 is 0 Å². The van der Waals surface area contributed by atoms with Crippen LogP contribution in [0.15, 0.2) is 71.3 Å². The fourth-order valence-corrected chi connectivity index (χ4v) is 3.56. The maximum atomic E-state index is 12.8. The van der Waals surface area contributed by atoms with Gasteiger partial charge in [0, 0.05) is 0 Å². The molecule has 1 unspecified atom stereocenters. The molecule has 1 heterocycles. The Morgan fingerprint density at radius 3 is 2.43 bits per heavy atom. The first kappa shape index (κ1) is 20.7. The van der Waals surface area contributed by atoms with Crippen LogP contribution in [0.2, 0.25) is 0 Å². The number of nitrogens with two attached hydrogens (primary N) is 1. The molecule has 0 aromatic heterocycles. The van der Waals surface area contributed by atoms with Gasteiger partial charge in [0.15, 0.2) is 0 Å². The number of ether oxygens (including phenoxy) is 2. The molecular weight excluding hydrogens is 384 g/mol. The molecule has 7 nitrogen and oxygen atoms in total. The summed E-state index contributed by atoms with van der Waals surface area (Å²) in [4.78, 5) is 24.5. The maximum Gasteiger partial charge on any atom is 0.338 e. The molecule has 3 rings (SSSR count). The van der Waals surface area contributed by atoms with E-state index in [1.165, 1.54) is 6.07 Å². The Hall–Kier alpha value is -4.05. The molecule has 30 heavy (non-hydrogen) atoms. The summed E-state index contributed by atoms with van der Waals surface area (Å²) >= 11 is 0. The number of carboxylic acid groups (broad SMARTS) is 1. The molecule has 0 amide bonds. The van der Waals surface area contributed by atoms with Crippen LogP contribution in [0.3, 0.4) is 0 Å². The van der Waals surface area contributed by atoms with Crippen LogP contribution in [-0.4, -0.2) is 23.7 Å². The molecule has 1 aliphatic rings. The number of carbonyl (C=O) groups is 2. The topological polar surface area (TPSA) is 123 Å². The zero-order valence-corrected chi connectivity index (χ0v) is 16.5. The molecular formula is C23H20N2O5. The van der Waals surface area contributed by atoms with Crippen molar-refractivity contribution < 1.29 is 24.2 Å². The van der Waals surface area contributed by atoms with Crippen LogP contribution in [0, 0.1) is 11.3 Å². The predicted molar refractivity (Wildman–Crippen MR) is 109 cm³/mol. The van der Waals surface area contributed by atoms with E-state index >= 15 is 0 Å². The van der Waals surface area contributed by atoms with Crippen molar-refractivity contribution in [2.45, 2.75) is 19.8 Å². The van der Waals surface area contributed by atoms with E-state index in [0.29, 0.717) is 16.7 Å². The van der Waals surface area contributed by atoms with Crippen molar-refractivity contribution in [2.24, 2.45) is 5.73 Å². The Morgan fingerprint density at radius 2 is 1.80 bits per heavy atom. The zero-order chi connectivity index (χ0) is 21.8. The van der Waals surface area contributed by atoms with E-state index in [2.05, 4.69) is 0 Å². The van der Waals surface area contributed by atoms with E-state index in [0.717, 1.165) is 0 Å². The summed E-state index contributed by atoms with van der Waals surface area (Å²) in [6.07, 6.45) is 0. The minimum Gasteiger partial charge on any atom is -0.478 e. The first-order chi connectivity index (χ1) is 14.4. The fourth-order valence-electron chi connectivity index (χ4n) is 3.56. The van der Waals surface area contributed by atoms with Gasteiger partial charge in [-0.2, -0.15) is 5.26 Å². The van der Waals surface area contributed by atoms with E-state index in [-0.39, 0.29) is 35.0 Å². The average Bonchev–Trinajstić information content (AvgIpc) is 2.73. The van der Waals surface area contributed by atoms with Gasteiger partial charge in [-0.1, -0.05) is 42.5 Å². The molecule has 0 fully saturated rings. The summed E-state index contributed by atoms with van der Waals surface area (Å²) in [6, 6.07) is 15.6. The molecule has 0 saturated carbocycles. The largest absolute Gasteiger partial charge is 0.478 e. The highest BCUT2D eigenvalue weighted by Crippen LogP contribution is 2.43. The van der Waals surface area contributed by atoms with E-state index in [1.54, 1.807) is 56.3 Å². The number of hydrogen-bond acceptors (Lipinski definition) is 6. The van der Waals surface area contributed by atoms with E-state index in [1.807, 2.05) is 6.07 Å². The second-order valence-electron chi connectivity index (χ2n) is 6.55. The summed E-state index contributed by atoms with van der Waals surface area (Å²) in [6.45, 7) is 3.40. The van der Waals surface area contributed by atoms with Crippen LogP contribution in [0.5, 0.6) is 0 Å². The highest BCUT2D eigenvalue weighted by Gasteiger charge is 2.37. The fraction of sp³-hybridized carbons (Fsp3) is 0.174. The molecule has 2 aromatic rings. The zero-order valence-electron chi connectivity index (χ0n) is 16.5. The Labute approximate surface area is 173 Å². The number of aromatic carboxylic acids is 1. The summed E-state index contributed by atoms with van der Waals surface area (Å²) in [5.74, 6) is -2.44. The van der Waals surface area contributed by atoms with Gasteiger partial charge in [-0.25, -0.2) is 9.59 Å². The first-order valence-electron chi connectivity index (χ1n) is 9.27. The minimum absolute atomic E-state index is 0.0592. The van der Waals surface area contributed by atoms with Crippen molar-refractivity contribution in [2.75, 3.05) is 6.61 Å². The predicted octanol–water partition coefficient (Wildman–Crippen LogP) is 3.70. The van der Waals surface area contributed by atoms with Crippen LogP contribution < -0.4 is 5.73 Å². The van der Waals surface area contributed by atoms with Crippen LogP contribution in [0.25, 0.3) is 11.1 Å². The third-order valence-electron chi connectivity index (χ3n) is 4.82. The molecule has 0 aliphatic carbocycles. The van der Waals surface area contributed by atoms with Crippen molar-refractivity contribution in [1.82, 2.24) is 0 Å². The number of nitriles is 1. The van der Waals surface area contributed by atoms with Gasteiger partial charge in [0.25, 0.3) is 0 Å². The molecule has 1 aliphatic heterocycles. The summed E-state index contributed by atoms with van der Waals surface area (Å²) < 4.78 is 10.6. The van der Waals surface area contributed by atoms with Crippen molar-refractivity contribution in [3.05, 3.63) is 82.4 Å². The Kier molecular flexibility index (Phi) is 5.88. The van der Waals surface area contributed by atoms with E-state index in [9.17, 15) is 20.0 Å². The second-order valence-corrected chi connectivity index (χ2v) is 6.55. The number of rotatable bonds is 5. The summed E-state index contributed by atoms with van der Waals surface area (Å²) in [7, 11) is 0. The standard InChI is InChI=1S/C23H20N2O5/c1-3-29-23(28)19-13(2)30-21(25)18(12-24)20(19)16-10-6-4-8-14(16)15-9-5-7-11-17(15)22(26)27/h4-11,20H,3,25H2,1-2H3,(H,26,27). The number of hydrogen-bond donors (Lipinski definition) is 2. The Bertz CT molecular complexity index is 1120. The van der Waals surface area contributed by atoms with E-state index < -0.39 is 17.9 Å². The number of benzene rings is 2. The van der Waals surface area contributed by atoms with Crippen LogP contribution in [-0.2, 0) is 14.3 Å². The number of nitrogens with zero attached hydrogens (tertiary/aromatic N) is 1. The van der Waals surface area contributed by atoms with E-state index in [4.69, 9.17) is 15.2 Å². The van der Waals surface area contributed by atoms with Crippen molar-refractivity contribution >= 4 is 11.9 Å². The lowest BCUT2D eigenvalue weighted by atomic mass is 9.79.